The van der Waals surface area contributed by atoms with E-state index in [0.717, 1.165) is 20.8 Å². The van der Waals surface area contributed by atoms with E-state index in [-0.39, 0.29) is 26.2 Å². The van der Waals surface area contributed by atoms with Gasteiger partial charge < -0.3 is 39.2 Å². The summed E-state index contributed by atoms with van der Waals surface area (Å²) in [5.41, 5.74) is 0. The monoisotopic (exact) mass is 435 g/mol. The number of carbonyl (C=O) groups excluding carboxylic acids is 4. The standard InChI is InChI=1S/C18H29NO11/c1-10(21)19-17-16(29-13(4)24)15(28-12(3)23)14(9-27-11(2)22)30-18(17,25)5-7-26-8-6-20/h14-17,20,25H,5-9H2,1-4H3,(H,19,21)/t14-,15+,16+,17+,18+/m1/s1. The number of aliphatic hydroxyl groups excluding tert-OH is 1. The minimum atomic E-state index is -2.14. The van der Waals surface area contributed by atoms with Crippen LogP contribution in [0.3, 0.4) is 0 Å². The maximum absolute atomic E-state index is 11.8. The average Bonchev–Trinajstić information content (AvgIpc) is 2.62. The lowest BCUT2D eigenvalue weighted by atomic mass is 9.88. The summed E-state index contributed by atoms with van der Waals surface area (Å²) in [7, 11) is 0. The summed E-state index contributed by atoms with van der Waals surface area (Å²) in [5, 5.41) is 22.5. The number of amides is 1. The van der Waals surface area contributed by atoms with E-state index >= 15 is 0 Å². The summed E-state index contributed by atoms with van der Waals surface area (Å²) < 4.78 is 26.3. The molecule has 12 heteroatoms. The second-order valence-corrected chi connectivity index (χ2v) is 6.72. The smallest absolute Gasteiger partial charge is 0.303 e. The third-order valence-electron chi connectivity index (χ3n) is 4.11. The van der Waals surface area contributed by atoms with Crippen LogP contribution in [0.4, 0.5) is 0 Å². The van der Waals surface area contributed by atoms with Gasteiger partial charge in [-0.3, -0.25) is 19.2 Å². The molecule has 172 valence electrons. The Hall–Kier alpha value is -2.28. The van der Waals surface area contributed by atoms with E-state index in [2.05, 4.69) is 5.32 Å². The number of ether oxygens (including phenoxy) is 5. The minimum Gasteiger partial charge on any atom is -0.463 e. The predicted octanol–water partition coefficient (Wildman–Crippen LogP) is -1.60. The van der Waals surface area contributed by atoms with Gasteiger partial charge in [0.05, 0.1) is 19.8 Å². The molecular formula is C18H29NO11. The molecule has 5 atom stereocenters. The first-order valence-corrected chi connectivity index (χ1v) is 9.34. The van der Waals surface area contributed by atoms with Crippen LogP contribution >= 0.6 is 0 Å². The van der Waals surface area contributed by atoms with Crippen molar-refractivity contribution in [1.29, 1.82) is 0 Å². The maximum atomic E-state index is 11.8. The van der Waals surface area contributed by atoms with Crippen LogP contribution in [-0.2, 0) is 42.9 Å². The van der Waals surface area contributed by atoms with Gasteiger partial charge in [0.25, 0.3) is 0 Å². The van der Waals surface area contributed by atoms with Crippen molar-refractivity contribution in [3.63, 3.8) is 0 Å². The SMILES string of the molecule is CC(=O)N[C@H]1[C@@H](OC(C)=O)[C@@H](OC(C)=O)[C@@H](COC(C)=O)O[C@@]1(O)CCOCCO. The summed E-state index contributed by atoms with van der Waals surface area (Å²) in [6, 6.07) is -1.34. The molecule has 1 rings (SSSR count). The summed E-state index contributed by atoms with van der Waals surface area (Å²) in [6.45, 7) is 3.81. The Morgan fingerprint density at radius 2 is 1.57 bits per heavy atom. The van der Waals surface area contributed by atoms with E-state index in [0.29, 0.717) is 0 Å². The van der Waals surface area contributed by atoms with Gasteiger partial charge in [-0.1, -0.05) is 0 Å². The molecule has 0 spiro atoms. The molecule has 1 fully saturated rings. The molecule has 1 amide bonds. The van der Waals surface area contributed by atoms with Crippen molar-refractivity contribution < 1.29 is 53.1 Å². The van der Waals surface area contributed by atoms with E-state index < -0.39 is 60.6 Å². The van der Waals surface area contributed by atoms with Gasteiger partial charge in [-0.15, -0.1) is 0 Å². The fourth-order valence-corrected chi connectivity index (χ4v) is 3.06. The van der Waals surface area contributed by atoms with Crippen molar-refractivity contribution >= 4 is 23.8 Å². The van der Waals surface area contributed by atoms with Crippen LogP contribution in [0, 0.1) is 0 Å². The Bertz CT molecular complexity index is 625. The lowest BCUT2D eigenvalue weighted by Crippen LogP contribution is -2.71. The molecule has 1 saturated heterocycles. The molecular weight excluding hydrogens is 406 g/mol. The highest BCUT2D eigenvalue weighted by Crippen LogP contribution is 2.34. The van der Waals surface area contributed by atoms with Crippen molar-refractivity contribution in [3.05, 3.63) is 0 Å². The fourth-order valence-electron chi connectivity index (χ4n) is 3.06. The van der Waals surface area contributed by atoms with Gasteiger partial charge in [0.15, 0.2) is 18.0 Å². The van der Waals surface area contributed by atoms with Crippen LogP contribution in [0.25, 0.3) is 0 Å². The number of rotatable bonds is 10. The number of hydrogen-bond donors (Lipinski definition) is 3. The lowest BCUT2D eigenvalue weighted by molar-refractivity contribution is -0.325. The normalized spacial score (nSPS) is 28.3. The van der Waals surface area contributed by atoms with E-state index in [9.17, 15) is 24.3 Å². The Kier molecular flexibility index (Phi) is 10.1. The first kappa shape index (κ1) is 25.8. The van der Waals surface area contributed by atoms with Gasteiger partial charge in [0.1, 0.15) is 18.8 Å². The Balaban J connectivity index is 3.32. The molecule has 0 aliphatic carbocycles. The molecule has 0 aromatic carbocycles. The quantitative estimate of drug-likeness (QED) is 0.205. The molecule has 0 radical (unpaired) electrons. The van der Waals surface area contributed by atoms with Gasteiger partial charge in [0.2, 0.25) is 5.91 Å². The fraction of sp³-hybridized carbons (Fsp3) is 0.778. The zero-order valence-corrected chi connectivity index (χ0v) is 17.4. The van der Waals surface area contributed by atoms with Crippen LogP contribution in [0.15, 0.2) is 0 Å². The molecule has 0 unspecified atom stereocenters. The first-order valence-electron chi connectivity index (χ1n) is 9.34. The summed E-state index contributed by atoms with van der Waals surface area (Å²) >= 11 is 0. The van der Waals surface area contributed by atoms with Gasteiger partial charge in [-0.05, 0) is 0 Å². The van der Waals surface area contributed by atoms with Crippen molar-refractivity contribution in [3.8, 4) is 0 Å². The second kappa shape index (κ2) is 11.8. The van der Waals surface area contributed by atoms with Crippen molar-refractivity contribution in [2.75, 3.05) is 26.4 Å². The van der Waals surface area contributed by atoms with Crippen LogP contribution in [0.1, 0.15) is 34.1 Å². The topological polar surface area (TPSA) is 167 Å². The van der Waals surface area contributed by atoms with Crippen LogP contribution in [0.5, 0.6) is 0 Å². The van der Waals surface area contributed by atoms with Crippen LogP contribution < -0.4 is 5.32 Å². The molecule has 0 aromatic heterocycles. The van der Waals surface area contributed by atoms with Crippen molar-refractivity contribution in [1.82, 2.24) is 5.32 Å². The van der Waals surface area contributed by atoms with Crippen molar-refractivity contribution in [2.45, 2.75) is 64.3 Å². The number of carbonyl (C=O) groups is 4. The Morgan fingerprint density at radius 1 is 0.967 bits per heavy atom. The van der Waals surface area contributed by atoms with Crippen molar-refractivity contribution in [2.24, 2.45) is 0 Å². The summed E-state index contributed by atoms with van der Waals surface area (Å²) in [5.74, 6) is -4.87. The summed E-state index contributed by atoms with van der Waals surface area (Å²) in [6.07, 6.45) is -4.07. The third-order valence-corrected chi connectivity index (χ3v) is 4.11. The number of aliphatic hydroxyl groups is 2. The molecule has 1 aliphatic rings. The van der Waals surface area contributed by atoms with E-state index in [1.54, 1.807) is 0 Å². The number of hydrogen-bond acceptors (Lipinski definition) is 11. The van der Waals surface area contributed by atoms with Gasteiger partial charge in [0, 0.05) is 34.1 Å². The van der Waals surface area contributed by atoms with E-state index in [1.165, 1.54) is 6.92 Å². The van der Waals surface area contributed by atoms with Gasteiger partial charge >= 0.3 is 17.9 Å². The third kappa shape index (κ3) is 7.86. The molecule has 0 aromatic rings. The van der Waals surface area contributed by atoms with Gasteiger partial charge in [-0.25, -0.2) is 0 Å². The first-order chi connectivity index (χ1) is 14.0. The molecule has 0 saturated carbocycles. The Labute approximate surface area is 173 Å². The molecule has 1 aliphatic heterocycles. The minimum absolute atomic E-state index is 0.00120. The number of esters is 3. The zero-order valence-electron chi connectivity index (χ0n) is 17.4. The molecule has 0 bridgehead atoms. The highest BCUT2D eigenvalue weighted by molar-refractivity contribution is 5.74. The maximum Gasteiger partial charge on any atom is 0.303 e. The summed E-state index contributed by atoms with van der Waals surface area (Å²) in [4.78, 5) is 46.4. The largest absolute Gasteiger partial charge is 0.463 e. The highest BCUT2D eigenvalue weighted by atomic mass is 16.7. The second-order valence-electron chi connectivity index (χ2n) is 6.72. The molecule has 3 N–H and O–H groups in total. The lowest BCUT2D eigenvalue weighted by Gasteiger charge is -2.49. The van der Waals surface area contributed by atoms with Crippen LogP contribution in [0.2, 0.25) is 0 Å². The highest BCUT2D eigenvalue weighted by Gasteiger charge is 2.57. The molecule has 12 nitrogen and oxygen atoms in total. The van der Waals surface area contributed by atoms with E-state index in [1.807, 2.05) is 0 Å². The van der Waals surface area contributed by atoms with Crippen LogP contribution in [-0.4, -0.2) is 90.6 Å². The number of nitrogens with one attached hydrogen (secondary N) is 1. The predicted molar refractivity (Wildman–Crippen MR) is 97.7 cm³/mol. The molecule has 30 heavy (non-hydrogen) atoms. The Morgan fingerprint density at radius 3 is 2.07 bits per heavy atom. The van der Waals surface area contributed by atoms with Gasteiger partial charge in [-0.2, -0.15) is 0 Å². The molecule has 1 heterocycles. The van der Waals surface area contributed by atoms with E-state index in [4.69, 9.17) is 28.8 Å². The zero-order chi connectivity index (χ0) is 22.9. The average molecular weight is 435 g/mol.